The van der Waals surface area contributed by atoms with Gasteiger partial charge in [0, 0.05) is 13.1 Å². The minimum Gasteiger partial charge on any atom is -0.478 e. The van der Waals surface area contributed by atoms with Gasteiger partial charge in [0.2, 0.25) is 10.3 Å². The fraction of sp³-hybridized carbons (Fsp3) is 0.455. The van der Waals surface area contributed by atoms with E-state index in [0.29, 0.717) is 26.3 Å². The van der Waals surface area contributed by atoms with Gasteiger partial charge < -0.3 is 9.84 Å². The Morgan fingerprint density at radius 2 is 2.06 bits per heavy atom. The minimum absolute atomic E-state index is 0.0820. The molecule has 6 nitrogen and oxygen atoms in total. The maximum atomic E-state index is 11.2. The second kappa shape index (κ2) is 5.47. The van der Waals surface area contributed by atoms with Crippen LogP contribution < -0.4 is 0 Å². The molecule has 0 saturated carbocycles. The van der Waals surface area contributed by atoms with Crippen LogP contribution in [0.5, 0.6) is 0 Å². The summed E-state index contributed by atoms with van der Waals surface area (Å²) in [6, 6.07) is -0.713. The standard InChI is InChI=1S/C11H13NO5S/c13-11(14)8-2-1-3-9(18(15)16)10(8)12-4-6-17-7-5-12/h1-3,10H,4-7H2,(H,13,14). The average Bonchev–Trinajstić information content (AvgIpc) is 2.38. The third-order valence-electron chi connectivity index (χ3n) is 2.95. The molecule has 1 saturated heterocycles. The molecule has 0 aromatic carbocycles. The Bertz CT molecular complexity index is 532. The van der Waals surface area contributed by atoms with Gasteiger partial charge in [-0.05, 0) is 12.2 Å². The van der Waals surface area contributed by atoms with Gasteiger partial charge in [-0.3, -0.25) is 4.90 Å². The molecule has 0 bridgehead atoms. The van der Waals surface area contributed by atoms with Crippen LogP contribution in [-0.2, 0) is 19.8 Å². The highest BCUT2D eigenvalue weighted by atomic mass is 32.2. The number of allylic oxidation sites excluding steroid dienone is 2. The number of nitrogens with zero attached hydrogens (tertiary/aromatic N) is 1. The molecule has 1 fully saturated rings. The van der Waals surface area contributed by atoms with E-state index < -0.39 is 22.3 Å². The lowest BCUT2D eigenvalue weighted by Crippen LogP contribution is -2.50. The Morgan fingerprint density at radius 3 is 2.61 bits per heavy atom. The van der Waals surface area contributed by atoms with Crippen molar-refractivity contribution in [1.82, 2.24) is 4.90 Å². The predicted molar refractivity (Wildman–Crippen MR) is 65.0 cm³/mol. The molecular weight excluding hydrogens is 258 g/mol. The van der Waals surface area contributed by atoms with Crippen molar-refractivity contribution in [2.45, 2.75) is 6.04 Å². The number of aliphatic carboxylic acids is 1. The molecule has 18 heavy (non-hydrogen) atoms. The summed E-state index contributed by atoms with van der Waals surface area (Å²) in [6.45, 7) is 1.99. The molecule has 0 aromatic heterocycles. The molecule has 2 aliphatic rings. The summed E-state index contributed by atoms with van der Waals surface area (Å²) in [5, 5.41) is 9.16. The average molecular weight is 271 g/mol. The first kappa shape index (κ1) is 13.0. The van der Waals surface area contributed by atoms with Crippen LogP contribution in [0, 0.1) is 0 Å². The van der Waals surface area contributed by atoms with Crippen molar-refractivity contribution >= 4 is 21.1 Å². The summed E-state index contributed by atoms with van der Waals surface area (Å²) in [5.41, 5.74) is 0.0820. The number of hydrogen-bond acceptors (Lipinski definition) is 5. The van der Waals surface area contributed by atoms with Gasteiger partial charge in [0.05, 0.1) is 29.7 Å². The molecule has 0 radical (unpaired) electrons. The molecule has 1 atom stereocenters. The number of hydrogen-bond donors (Lipinski definition) is 1. The van der Waals surface area contributed by atoms with Crippen LogP contribution >= 0.6 is 0 Å². The van der Waals surface area contributed by atoms with Gasteiger partial charge in [0.25, 0.3) is 0 Å². The summed E-state index contributed by atoms with van der Waals surface area (Å²) in [5.74, 6) is -1.10. The van der Waals surface area contributed by atoms with Crippen LogP contribution in [0.4, 0.5) is 0 Å². The Morgan fingerprint density at radius 1 is 1.39 bits per heavy atom. The Hall–Kier alpha value is -1.44. The number of carboxylic acids is 1. The summed E-state index contributed by atoms with van der Waals surface area (Å²) < 4.78 is 27.6. The van der Waals surface area contributed by atoms with Crippen LogP contribution in [0.1, 0.15) is 0 Å². The van der Waals surface area contributed by atoms with Crippen molar-refractivity contribution < 1.29 is 23.1 Å². The second-order valence-corrected chi connectivity index (χ2v) is 4.92. The minimum atomic E-state index is -2.43. The van der Waals surface area contributed by atoms with Crippen molar-refractivity contribution in [3.05, 3.63) is 23.8 Å². The highest BCUT2D eigenvalue weighted by Crippen LogP contribution is 2.19. The highest BCUT2D eigenvalue weighted by Gasteiger charge is 2.33. The fourth-order valence-corrected chi connectivity index (χ4v) is 2.78. The first-order valence-corrected chi connectivity index (χ1v) is 6.58. The van der Waals surface area contributed by atoms with E-state index in [-0.39, 0.29) is 10.4 Å². The topological polar surface area (TPSA) is 83.9 Å². The van der Waals surface area contributed by atoms with Crippen LogP contribution in [0.2, 0.25) is 0 Å². The quantitative estimate of drug-likeness (QED) is 0.670. The van der Waals surface area contributed by atoms with Gasteiger partial charge in [-0.2, -0.15) is 8.42 Å². The summed E-state index contributed by atoms with van der Waals surface area (Å²) >= 11 is 0. The van der Waals surface area contributed by atoms with Gasteiger partial charge in [0.1, 0.15) is 0 Å². The van der Waals surface area contributed by atoms with E-state index in [0.717, 1.165) is 0 Å². The van der Waals surface area contributed by atoms with E-state index in [9.17, 15) is 13.2 Å². The van der Waals surface area contributed by atoms with E-state index in [1.54, 1.807) is 0 Å². The molecule has 7 heteroatoms. The molecule has 2 rings (SSSR count). The fourth-order valence-electron chi connectivity index (χ4n) is 2.13. The number of rotatable bonds is 2. The van der Waals surface area contributed by atoms with Crippen molar-refractivity contribution in [2.75, 3.05) is 26.3 Å². The molecule has 1 aliphatic heterocycles. The molecular formula is C11H13NO5S. The monoisotopic (exact) mass is 271 g/mol. The van der Waals surface area contributed by atoms with Gasteiger partial charge in [0.15, 0.2) is 0 Å². The van der Waals surface area contributed by atoms with Gasteiger partial charge in [-0.25, -0.2) is 4.79 Å². The summed E-state index contributed by atoms with van der Waals surface area (Å²) in [6.07, 6.45) is 4.33. The van der Waals surface area contributed by atoms with E-state index in [4.69, 9.17) is 9.84 Å². The summed E-state index contributed by atoms with van der Waals surface area (Å²) in [4.78, 5) is 13.1. The molecule has 0 aromatic rings. The zero-order valence-corrected chi connectivity index (χ0v) is 10.4. The van der Waals surface area contributed by atoms with E-state index in [1.807, 2.05) is 4.90 Å². The molecule has 1 aliphatic carbocycles. The van der Waals surface area contributed by atoms with Gasteiger partial charge in [-0.15, -0.1) is 0 Å². The lowest BCUT2D eigenvalue weighted by atomic mass is 9.97. The maximum Gasteiger partial charge on any atom is 0.333 e. The zero-order chi connectivity index (χ0) is 13.1. The van der Waals surface area contributed by atoms with Gasteiger partial charge in [-0.1, -0.05) is 6.08 Å². The molecule has 1 unspecified atom stereocenters. The Labute approximate surface area is 106 Å². The Balaban J connectivity index is 2.42. The van der Waals surface area contributed by atoms with E-state index in [2.05, 4.69) is 0 Å². The molecule has 1 heterocycles. The number of carbonyl (C=O) groups is 1. The summed E-state index contributed by atoms with van der Waals surface area (Å²) in [7, 11) is -2.43. The first-order chi connectivity index (χ1) is 8.61. The van der Waals surface area contributed by atoms with E-state index >= 15 is 0 Å². The van der Waals surface area contributed by atoms with E-state index in [1.165, 1.54) is 18.2 Å². The van der Waals surface area contributed by atoms with Crippen LogP contribution in [0.15, 0.2) is 23.8 Å². The van der Waals surface area contributed by atoms with Crippen LogP contribution in [-0.4, -0.2) is 61.6 Å². The Kier molecular flexibility index (Phi) is 3.95. The number of morpholine rings is 1. The lowest BCUT2D eigenvalue weighted by Gasteiger charge is -2.35. The zero-order valence-electron chi connectivity index (χ0n) is 9.57. The first-order valence-electron chi connectivity index (χ1n) is 5.50. The third-order valence-corrected chi connectivity index (χ3v) is 3.69. The smallest absolute Gasteiger partial charge is 0.333 e. The van der Waals surface area contributed by atoms with Crippen molar-refractivity contribution in [2.24, 2.45) is 0 Å². The largest absolute Gasteiger partial charge is 0.478 e. The molecule has 0 amide bonds. The van der Waals surface area contributed by atoms with Gasteiger partial charge >= 0.3 is 5.97 Å². The second-order valence-electron chi connectivity index (χ2n) is 3.97. The van der Waals surface area contributed by atoms with Crippen molar-refractivity contribution in [3.8, 4) is 0 Å². The van der Waals surface area contributed by atoms with Crippen LogP contribution in [0.3, 0.4) is 0 Å². The highest BCUT2D eigenvalue weighted by molar-refractivity contribution is 7.73. The van der Waals surface area contributed by atoms with Crippen molar-refractivity contribution in [1.29, 1.82) is 0 Å². The molecule has 98 valence electrons. The maximum absolute atomic E-state index is 11.2. The molecule has 0 spiro atoms. The van der Waals surface area contributed by atoms with Crippen molar-refractivity contribution in [3.63, 3.8) is 0 Å². The number of carboxylic acid groups (broad SMARTS) is 1. The van der Waals surface area contributed by atoms with Crippen LogP contribution in [0.25, 0.3) is 0 Å². The predicted octanol–water partition coefficient (Wildman–Crippen LogP) is -0.681. The molecule has 1 N–H and O–H groups in total. The normalized spacial score (nSPS) is 24.8. The SMILES string of the molecule is O=C(O)C1=CC=CC(=S(=O)=O)C1N1CCOCC1. The number of ether oxygens (including phenoxy) is 1. The lowest BCUT2D eigenvalue weighted by molar-refractivity contribution is -0.133. The third kappa shape index (κ3) is 2.53.